The van der Waals surface area contributed by atoms with E-state index in [-0.39, 0.29) is 36.9 Å². The third-order valence-corrected chi connectivity index (χ3v) is 9.47. The molecule has 10 heteroatoms. The van der Waals surface area contributed by atoms with Crippen molar-refractivity contribution in [3.63, 3.8) is 0 Å². The van der Waals surface area contributed by atoms with Gasteiger partial charge in [-0.1, -0.05) is 36.9 Å². The molecule has 45 heavy (non-hydrogen) atoms. The number of nitrogens with zero attached hydrogens (tertiary/aromatic N) is 7. The van der Waals surface area contributed by atoms with Crippen molar-refractivity contribution in [2.24, 2.45) is 0 Å². The van der Waals surface area contributed by atoms with Crippen LogP contribution in [0.3, 0.4) is 0 Å². The molecule has 9 nitrogen and oxygen atoms in total. The molecular weight excluding hydrogens is 569 g/mol. The molecule has 3 aliphatic heterocycles. The summed E-state index contributed by atoms with van der Waals surface area (Å²) in [6.45, 7) is 8.91. The number of carbonyl (C=O) groups excluding carboxylic acids is 1. The summed E-state index contributed by atoms with van der Waals surface area (Å²) in [4.78, 5) is 25.7. The van der Waals surface area contributed by atoms with Crippen LogP contribution in [0.2, 0.25) is 0 Å². The molecule has 2 saturated heterocycles. The Hall–Kier alpha value is -4.67. The average Bonchev–Trinajstić information content (AvgIpc) is 3.38. The van der Waals surface area contributed by atoms with Crippen LogP contribution < -0.4 is 14.5 Å². The summed E-state index contributed by atoms with van der Waals surface area (Å²) < 4.78 is 20.4. The van der Waals surface area contributed by atoms with E-state index in [1.165, 1.54) is 22.4 Å². The van der Waals surface area contributed by atoms with Crippen LogP contribution in [-0.2, 0) is 17.8 Å². The van der Waals surface area contributed by atoms with Gasteiger partial charge in [-0.3, -0.25) is 9.69 Å². The van der Waals surface area contributed by atoms with Crippen molar-refractivity contribution in [1.82, 2.24) is 14.8 Å². The Balaban J connectivity index is 1.40. The average molecular weight is 608 g/mol. The third kappa shape index (κ3) is 5.79. The second kappa shape index (κ2) is 12.7. The van der Waals surface area contributed by atoms with Gasteiger partial charge in [-0.15, -0.1) is 0 Å². The van der Waals surface area contributed by atoms with E-state index in [1.807, 2.05) is 11.9 Å². The lowest BCUT2D eigenvalue weighted by Crippen LogP contribution is -2.55. The van der Waals surface area contributed by atoms with Gasteiger partial charge in [0.25, 0.3) is 0 Å². The first kappa shape index (κ1) is 30.4. The van der Waals surface area contributed by atoms with E-state index in [1.54, 1.807) is 4.90 Å². The summed E-state index contributed by atoms with van der Waals surface area (Å²) in [6.07, 6.45) is 1.58. The van der Waals surface area contributed by atoms with Gasteiger partial charge < -0.3 is 19.4 Å². The van der Waals surface area contributed by atoms with Gasteiger partial charge in [-0.05, 0) is 49.9 Å². The normalized spacial score (nSPS) is 21.7. The molecule has 6 rings (SSSR count). The quantitative estimate of drug-likeness (QED) is 0.362. The van der Waals surface area contributed by atoms with Crippen molar-refractivity contribution in [2.45, 2.75) is 51.0 Å². The largest absolute Gasteiger partial charge is 0.475 e. The van der Waals surface area contributed by atoms with Crippen molar-refractivity contribution < 1.29 is 13.9 Å². The van der Waals surface area contributed by atoms with Gasteiger partial charge >= 0.3 is 0 Å². The van der Waals surface area contributed by atoms with Crippen LogP contribution in [0.25, 0.3) is 10.8 Å². The Morgan fingerprint density at radius 3 is 2.64 bits per heavy atom. The fourth-order valence-corrected chi connectivity index (χ4v) is 7.19. The molecule has 3 aromatic rings. The van der Waals surface area contributed by atoms with Crippen LogP contribution in [0.15, 0.2) is 49.1 Å². The maximum atomic E-state index is 14.2. The Labute approximate surface area is 263 Å². The molecule has 0 radical (unpaired) electrons. The maximum Gasteiger partial charge on any atom is 0.246 e. The number of benzene rings is 2. The molecule has 4 heterocycles. The predicted molar refractivity (Wildman–Crippen MR) is 172 cm³/mol. The Morgan fingerprint density at radius 2 is 1.93 bits per heavy atom. The zero-order valence-electron chi connectivity index (χ0n) is 25.9. The minimum atomic E-state index is -0.907. The number of anilines is 2. The summed E-state index contributed by atoms with van der Waals surface area (Å²) in [6, 6.07) is 16.8. The zero-order valence-corrected chi connectivity index (χ0v) is 25.9. The number of likely N-dealkylation sites (tertiary alicyclic amines) is 1. The van der Waals surface area contributed by atoms with Gasteiger partial charge in [-0.2, -0.15) is 10.5 Å². The van der Waals surface area contributed by atoms with Gasteiger partial charge in [0.1, 0.15) is 24.4 Å². The minimum Gasteiger partial charge on any atom is -0.475 e. The number of nitriles is 2. The highest BCUT2D eigenvalue weighted by atomic mass is 19.1. The first-order valence-corrected chi connectivity index (χ1v) is 15.5. The zero-order chi connectivity index (χ0) is 31.7. The fourth-order valence-electron chi connectivity index (χ4n) is 7.19. The smallest absolute Gasteiger partial charge is 0.246 e. The Bertz CT molecular complexity index is 1710. The standard InChI is InChI=1S/C35H38FN7O2/c1-4-32(44)43-16-15-42(20-26(43)11-13-37)34-28-12-14-41(31-10-6-9-24-8-5-7-23(2)33(24)31)21-30(28)39-35(29(34)18-38)45-22-27-17-25(36)19-40(27)3/h4-10,25-27H,1,11-12,14-17,19-22H2,2-3H3/t25-,26?,27-/m0/s1. The van der Waals surface area contributed by atoms with Crippen LogP contribution >= 0.6 is 0 Å². The monoisotopic (exact) mass is 607 g/mol. The topological polar surface area (TPSA) is 99.7 Å². The highest BCUT2D eigenvalue weighted by molar-refractivity contribution is 5.97. The molecular formula is C35H38FN7O2. The molecule has 2 aromatic carbocycles. The number of pyridine rings is 1. The number of rotatable bonds is 7. The second-order valence-corrected chi connectivity index (χ2v) is 12.2. The van der Waals surface area contributed by atoms with Crippen LogP contribution in [0.1, 0.15) is 35.2 Å². The van der Waals surface area contributed by atoms with Gasteiger partial charge in [0.05, 0.1) is 36.5 Å². The number of likely N-dealkylation sites (N-methyl/N-ethyl adjacent to an activating group) is 1. The number of piperazine rings is 1. The van der Waals surface area contributed by atoms with E-state index in [4.69, 9.17) is 9.72 Å². The number of hydrogen-bond acceptors (Lipinski definition) is 8. The molecule has 0 N–H and O–H groups in total. The second-order valence-electron chi connectivity index (χ2n) is 12.2. The van der Waals surface area contributed by atoms with Crippen LogP contribution in [0.5, 0.6) is 5.88 Å². The van der Waals surface area contributed by atoms with Gasteiger partial charge in [0, 0.05) is 55.4 Å². The number of aromatic nitrogens is 1. The lowest BCUT2D eigenvalue weighted by atomic mass is 9.95. The first-order valence-electron chi connectivity index (χ1n) is 15.5. The number of carbonyl (C=O) groups is 1. The fraction of sp³-hybridized carbons (Fsp3) is 0.429. The van der Waals surface area contributed by atoms with E-state index in [0.717, 1.165) is 29.2 Å². The molecule has 1 unspecified atom stereocenters. The van der Waals surface area contributed by atoms with E-state index in [0.29, 0.717) is 51.1 Å². The molecule has 2 fully saturated rings. The molecule has 0 bridgehead atoms. The van der Waals surface area contributed by atoms with E-state index in [9.17, 15) is 19.7 Å². The van der Waals surface area contributed by atoms with Crippen LogP contribution in [0, 0.1) is 29.6 Å². The summed E-state index contributed by atoms with van der Waals surface area (Å²) in [5.74, 6) is 0.0448. The lowest BCUT2D eigenvalue weighted by Gasteiger charge is -2.43. The summed E-state index contributed by atoms with van der Waals surface area (Å²) in [5.41, 5.74) is 5.28. The van der Waals surface area contributed by atoms with Crippen LogP contribution in [-0.4, -0.2) is 85.3 Å². The van der Waals surface area contributed by atoms with Gasteiger partial charge in [0.2, 0.25) is 11.8 Å². The SMILES string of the molecule is C=CC(=O)N1CCN(c2c(C#N)c(OC[C@@H]3C[C@H](F)CN3C)nc3c2CCN(c2cccc4cccc(C)c24)C3)CC1CC#N. The summed E-state index contributed by atoms with van der Waals surface area (Å²) in [7, 11) is 1.88. The highest BCUT2D eigenvalue weighted by Gasteiger charge is 2.36. The number of halogens is 1. The summed E-state index contributed by atoms with van der Waals surface area (Å²) >= 11 is 0. The molecule has 0 spiro atoms. The van der Waals surface area contributed by atoms with Crippen molar-refractivity contribution in [2.75, 3.05) is 56.2 Å². The van der Waals surface area contributed by atoms with Crippen molar-refractivity contribution in [3.8, 4) is 18.0 Å². The van der Waals surface area contributed by atoms with Crippen molar-refractivity contribution in [1.29, 1.82) is 10.5 Å². The number of alkyl halides is 1. The molecule has 1 amide bonds. The third-order valence-electron chi connectivity index (χ3n) is 9.47. The predicted octanol–water partition coefficient (Wildman–Crippen LogP) is 4.52. The molecule has 232 valence electrons. The number of aryl methyl sites for hydroxylation is 1. The van der Waals surface area contributed by atoms with E-state index >= 15 is 0 Å². The van der Waals surface area contributed by atoms with Crippen molar-refractivity contribution in [3.05, 3.63) is 71.4 Å². The number of amides is 1. The van der Waals surface area contributed by atoms with E-state index in [2.05, 4.69) is 71.8 Å². The van der Waals surface area contributed by atoms with Crippen molar-refractivity contribution >= 4 is 28.1 Å². The first-order chi connectivity index (χ1) is 21.8. The van der Waals surface area contributed by atoms with Gasteiger partial charge in [-0.25, -0.2) is 9.37 Å². The van der Waals surface area contributed by atoms with Gasteiger partial charge in [0.15, 0.2) is 0 Å². The highest BCUT2D eigenvalue weighted by Crippen LogP contribution is 2.40. The Morgan fingerprint density at radius 1 is 1.13 bits per heavy atom. The molecule has 3 aliphatic rings. The summed E-state index contributed by atoms with van der Waals surface area (Å²) in [5, 5.41) is 22.5. The Kier molecular flexibility index (Phi) is 8.60. The van der Waals surface area contributed by atoms with E-state index < -0.39 is 6.17 Å². The molecule has 3 atom stereocenters. The number of ether oxygens (including phenoxy) is 1. The minimum absolute atomic E-state index is 0.114. The molecule has 1 aromatic heterocycles. The molecule has 0 aliphatic carbocycles. The lowest BCUT2D eigenvalue weighted by molar-refractivity contribution is -0.128. The number of fused-ring (bicyclic) bond motifs is 2. The van der Waals surface area contributed by atoms with Crippen LogP contribution in [0.4, 0.5) is 15.8 Å². The molecule has 0 saturated carbocycles. The maximum absolute atomic E-state index is 14.2. The number of hydrogen-bond donors (Lipinski definition) is 0.